The van der Waals surface area contributed by atoms with Gasteiger partial charge in [0.1, 0.15) is 5.69 Å². The molecule has 1 fully saturated rings. The molecule has 4 nitrogen and oxygen atoms in total. The van der Waals surface area contributed by atoms with Crippen molar-refractivity contribution < 1.29 is 9.59 Å². The van der Waals surface area contributed by atoms with Gasteiger partial charge in [0.25, 0.3) is 5.91 Å². The fraction of sp³-hybridized carbons (Fsp3) is 0.400. The number of nitrogens with zero attached hydrogens (tertiary/aromatic N) is 1. The lowest BCUT2D eigenvalue weighted by Gasteiger charge is -2.12. The maximum Gasteiger partial charge on any atom is 0.269 e. The summed E-state index contributed by atoms with van der Waals surface area (Å²) >= 11 is 0. The van der Waals surface area contributed by atoms with Crippen molar-refractivity contribution in [3.8, 4) is 11.1 Å². The number of aldehydes is 1. The van der Waals surface area contributed by atoms with Crippen molar-refractivity contribution >= 4 is 18.3 Å². The van der Waals surface area contributed by atoms with Gasteiger partial charge in [-0.2, -0.15) is 0 Å². The maximum absolute atomic E-state index is 12.2. The highest BCUT2D eigenvalue weighted by Crippen LogP contribution is 2.29. The Morgan fingerprint density at radius 3 is 2.28 bits per heavy atom. The van der Waals surface area contributed by atoms with Gasteiger partial charge in [-0.05, 0) is 61.4 Å². The maximum atomic E-state index is 12.2. The highest BCUT2D eigenvalue weighted by atomic mass is 16.1. The van der Waals surface area contributed by atoms with E-state index in [1.165, 1.54) is 12.8 Å². The summed E-state index contributed by atoms with van der Waals surface area (Å²) in [4.78, 5) is 28.1. The lowest BCUT2D eigenvalue weighted by Crippen LogP contribution is -2.26. The van der Waals surface area contributed by atoms with Crippen molar-refractivity contribution in [2.24, 2.45) is 5.92 Å². The van der Waals surface area contributed by atoms with E-state index >= 15 is 0 Å². The van der Waals surface area contributed by atoms with Crippen LogP contribution < -0.4 is 5.32 Å². The van der Waals surface area contributed by atoms with Crippen LogP contribution in [-0.2, 0) is 0 Å². The summed E-state index contributed by atoms with van der Waals surface area (Å²) in [5.41, 5.74) is 5.40. The molecule has 1 aliphatic rings. The first kappa shape index (κ1) is 24.3. The van der Waals surface area contributed by atoms with Crippen molar-refractivity contribution in [3.05, 3.63) is 58.9 Å². The first-order chi connectivity index (χ1) is 14.0. The minimum Gasteiger partial charge on any atom is -0.350 e. The molecule has 1 aromatic carbocycles. The van der Waals surface area contributed by atoms with Gasteiger partial charge in [-0.15, -0.1) is 0 Å². The van der Waals surface area contributed by atoms with Gasteiger partial charge in [0.2, 0.25) is 0 Å². The van der Waals surface area contributed by atoms with Gasteiger partial charge >= 0.3 is 0 Å². The molecule has 4 heteroatoms. The van der Waals surface area contributed by atoms with Gasteiger partial charge in [0.15, 0.2) is 6.29 Å². The molecule has 2 aromatic rings. The number of carbonyl (C=O) groups is 2. The third-order valence-electron chi connectivity index (χ3n) is 4.64. The van der Waals surface area contributed by atoms with Gasteiger partial charge in [0.05, 0.1) is 0 Å². The van der Waals surface area contributed by atoms with Crippen molar-refractivity contribution in [2.75, 3.05) is 6.54 Å². The molecule has 1 saturated carbocycles. The molecule has 1 aromatic heterocycles. The fourth-order valence-electron chi connectivity index (χ4n) is 2.91. The SMILES string of the molecule is C=Cc1cc(C=O)c(-c2ccc(C(=O)NCC3CC3)nc2C)cc1C.CC.CC. The lowest BCUT2D eigenvalue weighted by atomic mass is 9.94. The number of aryl methyl sites for hydroxylation is 2. The van der Waals surface area contributed by atoms with Crippen molar-refractivity contribution in [2.45, 2.75) is 54.4 Å². The van der Waals surface area contributed by atoms with Gasteiger partial charge in [0, 0.05) is 23.4 Å². The standard InChI is InChI=1S/C21H22N2O2.2C2H6/c1-4-16-10-17(12-24)19(9-13(16)2)18-7-8-20(23-14(18)3)21(25)22-11-15-5-6-15;2*1-2/h4,7-10,12,15H,1,5-6,11H2,2-3H3,(H,22,25);2*1-2H3. The molecule has 0 saturated heterocycles. The van der Waals surface area contributed by atoms with Crippen molar-refractivity contribution in [1.82, 2.24) is 10.3 Å². The molecule has 3 rings (SSSR count). The lowest BCUT2D eigenvalue weighted by molar-refractivity contribution is 0.0946. The van der Waals surface area contributed by atoms with Gasteiger partial charge in [-0.3, -0.25) is 9.59 Å². The molecule has 1 heterocycles. The molecule has 0 radical (unpaired) electrons. The number of nitrogens with one attached hydrogen (secondary N) is 1. The van der Waals surface area contributed by atoms with Gasteiger partial charge < -0.3 is 5.32 Å². The molecule has 1 aliphatic carbocycles. The normalized spacial score (nSPS) is 11.9. The summed E-state index contributed by atoms with van der Waals surface area (Å²) in [6.45, 7) is 16.3. The number of carbonyl (C=O) groups excluding carboxylic acids is 2. The van der Waals surface area contributed by atoms with Crippen LogP contribution in [0.3, 0.4) is 0 Å². The number of aromatic nitrogens is 1. The zero-order valence-corrected chi connectivity index (χ0v) is 18.6. The number of hydrogen-bond acceptors (Lipinski definition) is 3. The summed E-state index contributed by atoms with van der Waals surface area (Å²) in [6, 6.07) is 7.39. The Kier molecular flexibility index (Phi) is 10.0. The minimum atomic E-state index is -0.143. The summed E-state index contributed by atoms with van der Waals surface area (Å²) < 4.78 is 0. The van der Waals surface area contributed by atoms with E-state index in [1.54, 1.807) is 12.1 Å². The smallest absolute Gasteiger partial charge is 0.269 e. The van der Waals surface area contributed by atoms with E-state index in [1.807, 2.05) is 59.7 Å². The van der Waals surface area contributed by atoms with Crippen LogP contribution in [0.5, 0.6) is 0 Å². The molecule has 0 aliphatic heterocycles. The van der Waals surface area contributed by atoms with E-state index in [0.29, 0.717) is 17.2 Å². The molecule has 29 heavy (non-hydrogen) atoms. The van der Waals surface area contributed by atoms with E-state index in [0.717, 1.165) is 40.8 Å². The molecular weight excluding hydrogens is 360 g/mol. The zero-order chi connectivity index (χ0) is 22.0. The second kappa shape index (κ2) is 11.9. The summed E-state index contributed by atoms with van der Waals surface area (Å²) in [7, 11) is 0. The zero-order valence-electron chi connectivity index (χ0n) is 18.6. The highest BCUT2D eigenvalue weighted by molar-refractivity contribution is 5.94. The third-order valence-corrected chi connectivity index (χ3v) is 4.64. The van der Waals surface area contributed by atoms with Crippen LogP contribution in [0.25, 0.3) is 17.2 Å². The molecule has 1 N–H and O–H groups in total. The molecule has 0 bridgehead atoms. The number of rotatable bonds is 6. The fourth-order valence-corrected chi connectivity index (χ4v) is 2.91. The quantitative estimate of drug-likeness (QED) is 0.610. The summed E-state index contributed by atoms with van der Waals surface area (Å²) in [5, 5.41) is 2.93. The van der Waals surface area contributed by atoms with Crippen LogP contribution in [0.1, 0.15) is 78.2 Å². The van der Waals surface area contributed by atoms with Crippen LogP contribution >= 0.6 is 0 Å². The van der Waals surface area contributed by atoms with Gasteiger partial charge in [-0.1, -0.05) is 52.5 Å². The van der Waals surface area contributed by atoms with Crippen LogP contribution in [0, 0.1) is 19.8 Å². The van der Waals surface area contributed by atoms with Crippen LogP contribution in [0.15, 0.2) is 30.8 Å². The Morgan fingerprint density at radius 2 is 1.76 bits per heavy atom. The van der Waals surface area contributed by atoms with E-state index in [4.69, 9.17) is 0 Å². The van der Waals surface area contributed by atoms with Gasteiger partial charge in [-0.25, -0.2) is 4.98 Å². The molecule has 1 amide bonds. The first-order valence-electron chi connectivity index (χ1n) is 10.5. The monoisotopic (exact) mass is 394 g/mol. The largest absolute Gasteiger partial charge is 0.350 e. The van der Waals surface area contributed by atoms with Crippen molar-refractivity contribution in [1.29, 1.82) is 0 Å². The van der Waals surface area contributed by atoms with Crippen LogP contribution in [0.2, 0.25) is 0 Å². The molecule has 156 valence electrons. The van der Waals surface area contributed by atoms with E-state index in [2.05, 4.69) is 16.9 Å². The Labute approximate surface area is 175 Å². The predicted octanol–water partition coefficient (Wildman–Crippen LogP) is 6.01. The Hall–Kier alpha value is -2.75. The molecular formula is C25H34N2O2. The molecule has 0 unspecified atom stereocenters. The Bertz CT molecular complexity index is 852. The highest BCUT2D eigenvalue weighted by Gasteiger charge is 2.22. The molecule has 0 atom stereocenters. The summed E-state index contributed by atoms with van der Waals surface area (Å²) in [5.74, 6) is 0.487. The Balaban J connectivity index is 0.000000989. The second-order valence-corrected chi connectivity index (χ2v) is 6.60. The number of benzene rings is 1. The average molecular weight is 395 g/mol. The minimum absolute atomic E-state index is 0.143. The first-order valence-corrected chi connectivity index (χ1v) is 10.5. The Morgan fingerprint density at radius 1 is 1.10 bits per heavy atom. The second-order valence-electron chi connectivity index (χ2n) is 6.60. The van der Waals surface area contributed by atoms with E-state index in [9.17, 15) is 9.59 Å². The number of pyridine rings is 1. The number of amides is 1. The van der Waals surface area contributed by atoms with Crippen LogP contribution in [-0.4, -0.2) is 23.7 Å². The molecule has 0 spiro atoms. The number of hydrogen-bond donors (Lipinski definition) is 1. The van der Waals surface area contributed by atoms with E-state index < -0.39 is 0 Å². The average Bonchev–Trinajstić information content (AvgIpc) is 3.59. The predicted molar refractivity (Wildman–Crippen MR) is 122 cm³/mol. The van der Waals surface area contributed by atoms with Crippen molar-refractivity contribution in [3.63, 3.8) is 0 Å². The van der Waals surface area contributed by atoms with Crippen LogP contribution in [0.4, 0.5) is 0 Å². The topological polar surface area (TPSA) is 59.1 Å². The van der Waals surface area contributed by atoms with E-state index in [-0.39, 0.29) is 5.91 Å². The third kappa shape index (κ3) is 6.38. The summed E-state index contributed by atoms with van der Waals surface area (Å²) in [6.07, 6.45) is 4.97.